The topological polar surface area (TPSA) is 28.2 Å². The van der Waals surface area contributed by atoms with E-state index in [9.17, 15) is 4.39 Å². The highest BCUT2D eigenvalue weighted by atomic mass is 35.5. The second-order valence-corrected chi connectivity index (χ2v) is 4.76. The summed E-state index contributed by atoms with van der Waals surface area (Å²) in [5, 5.41) is 4.65. The normalized spacial score (nSPS) is 15.4. The Balaban J connectivity index is 0.00000133. The van der Waals surface area contributed by atoms with Gasteiger partial charge in [-0.2, -0.15) is 0 Å². The molecule has 2 aromatic rings. The van der Waals surface area contributed by atoms with Gasteiger partial charge in [-0.1, -0.05) is 11.6 Å². The summed E-state index contributed by atoms with van der Waals surface area (Å²) < 4.78 is 13.4. The zero-order valence-corrected chi connectivity index (χ0v) is 11.8. The first kappa shape index (κ1) is 14.3. The average molecular weight is 302 g/mol. The molecule has 0 atom stereocenters. The van der Waals surface area contributed by atoms with Crippen molar-refractivity contribution in [3.05, 3.63) is 35.2 Å². The van der Waals surface area contributed by atoms with Crippen molar-refractivity contribution in [3.63, 3.8) is 0 Å². The molecule has 1 aromatic carbocycles. The van der Waals surface area contributed by atoms with Gasteiger partial charge in [-0.15, -0.1) is 12.4 Å². The summed E-state index contributed by atoms with van der Waals surface area (Å²) in [5.74, 6) is -0.261. The number of rotatable bonds is 1. The van der Waals surface area contributed by atoms with Crippen LogP contribution >= 0.6 is 24.0 Å². The fraction of sp³-hybridized carbons (Fsp3) is 0.308. The van der Waals surface area contributed by atoms with Crippen LogP contribution in [-0.2, 0) is 0 Å². The summed E-state index contributed by atoms with van der Waals surface area (Å²) in [6.45, 7) is 3.57. The Bertz CT molecular complexity index is 580. The molecule has 3 rings (SSSR count). The van der Waals surface area contributed by atoms with Crippen molar-refractivity contribution < 1.29 is 4.39 Å². The quantitative estimate of drug-likeness (QED) is 0.878. The van der Waals surface area contributed by atoms with Gasteiger partial charge in [0.25, 0.3) is 0 Å². The molecule has 0 amide bonds. The number of hydrogen-bond acceptors (Lipinski definition) is 3. The smallest absolute Gasteiger partial charge is 0.124 e. The first-order chi connectivity index (χ1) is 8.75. The van der Waals surface area contributed by atoms with E-state index in [2.05, 4.69) is 15.2 Å². The zero-order chi connectivity index (χ0) is 12.5. The minimum Gasteiger partial charge on any atom is -0.367 e. The van der Waals surface area contributed by atoms with Gasteiger partial charge >= 0.3 is 0 Å². The summed E-state index contributed by atoms with van der Waals surface area (Å²) >= 11 is 6.24. The molecule has 1 fully saturated rings. The summed E-state index contributed by atoms with van der Waals surface area (Å²) in [5.41, 5.74) is 1.66. The van der Waals surface area contributed by atoms with Crippen LogP contribution in [0.1, 0.15) is 0 Å². The molecule has 0 aliphatic carbocycles. The van der Waals surface area contributed by atoms with Gasteiger partial charge in [0.1, 0.15) is 5.82 Å². The Kier molecular flexibility index (Phi) is 4.45. The van der Waals surface area contributed by atoms with Gasteiger partial charge in [0.05, 0.1) is 16.2 Å². The van der Waals surface area contributed by atoms with Crippen molar-refractivity contribution in [1.29, 1.82) is 0 Å². The largest absolute Gasteiger partial charge is 0.367 e. The first-order valence-corrected chi connectivity index (χ1v) is 6.33. The molecule has 0 radical (unpaired) electrons. The van der Waals surface area contributed by atoms with Crippen LogP contribution in [-0.4, -0.2) is 31.2 Å². The van der Waals surface area contributed by atoms with Crippen LogP contribution in [0.25, 0.3) is 10.9 Å². The minimum absolute atomic E-state index is 0. The van der Waals surface area contributed by atoms with E-state index in [-0.39, 0.29) is 18.2 Å². The van der Waals surface area contributed by atoms with Crippen molar-refractivity contribution in [2.75, 3.05) is 31.1 Å². The first-order valence-electron chi connectivity index (χ1n) is 5.95. The number of aromatic nitrogens is 1. The average Bonchev–Trinajstić information content (AvgIpc) is 2.39. The summed E-state index contributed by atoms with van der Waals surface area (Å²) in [7, 11) is 0. The number of fused-ring (bicyclic) bond motifs is 1. The summed E-state index contributed by atoms with van der Waals surface area (Å²) in [6, 6.07) is 4.61. The lowest BCUT2D eigenvalue weighted by atomic mass is 10.1. The molecule has 2 heterocycles. The van der Waals surface area contributed by atoms with Crippen molar-refractivity contribution in [1.82, 2.24) is 10.3 Å². The molecule has 6 heteroatoms. The zero-order valence-electron chi connectivity index (χ0n) is 10.2. The molecule has 1 saturated heterocycles. The molecule has 0 unspecified atom stereocenters. The Hall–Kier alpha value is -1.10. The molecule has 0 spiro atoms. The lowest BCUT2D eigenvalue weighted by Crippen LogP contribution is -2.43. The number of pyridine rings is 1. The van der Waals surface area contributed by atoms with Crippen molar-refractivity contribution in [2.24, 2.45) is 0 Å². The van der Waals surface area contributed by atoms with E-state index in [0.717, 1.165) is 42.8 Å². The van der Waals surface area contributed by atoms with Gasteiger partial charge in [0, 0.05) is 37.8 Å². The van der Waals surface area contributed by atoms with Gasteiger partial charge in [-0.25, -0.2) is 4.39 Å². The lowest BCUT2D eigenvalue weighted by Gasteiger charge is -2.31. The molecule has 19 heavy (non-hydrogen) atoms. The van der Waals surface area contributed by atoms with Crippen LogP contribution in [0, 0.1) is 5.82 Å². The number of anilines is 1. The number of piperazine rings is 1. The monoisotopic (exact) mass is 301 g/mol. The third-order valence-electron chi connectivity index (χ3n) is 3.19. The van der Waals surface area contributed by atoms with Gasteiger partial charge < -0.3 is 10.2 Å². The molecule has 3 nitrogen and oxygen atoms in total. The van der Waals surface area contributed by atoms with Crippen LogP contribution in [0.5, 0.6) is 0 Å². The number of nitrogens with zero attached hydrogens (tertiary/aromatic N) is 2. The van der Waals surface area contributed by atoms with E-state index in [1.54, 1.807) is 12.3 Å². The number of halogens is 3. The Morgan fingerprint density at radius 3 is 2.74 bits per heavy atom. The standard InChI is InChI=1S/C13H13ClFN3.ClH/c14-11-8-17-12-2-1-9(15)7-10(12)13(11)18-5-3-16-4-6-18;/h1-2,7-8,16H,3-6H2;1H. The SMILES string of the molecule is Cl.Fc1ccc2ncc(Cl)c(N3CCNCC3)c2c1. The molecule has 1 N–H and O–H groups in total. The van der Waals surface area contributed by atoms with Crippen LogP contribution in [0.3, 0.4) is 0 Å². The summed E-state index contributed by atoms with van der Waals surface area (Å²) in [4.78, 5) is 6.42. The molecule has 1 aromatic heterocycles. The van der Waals surface area contributed by atoms with E-state index < -0.39 is 0 Å². The predicted molar refractivity (Wildman–Crippen MR) is 79.0 cm³/mol. The Labute approximate surface area is 122 Å². The maximum Gasteiger partial charge on any atom is 0.124 e. The van der Waals surface area contributed by atoms with Crippen LogP contribution in [0.4, 0.5) is 10.1 Å². The van der Waals surface area contributed by atoms with E-state index in [0.29, 0.717) is 5.02 Å². The minimum atomic E-state index is -0.261. The highest BCUT2D eigenvalue weighted by Gasteiger charge is 2.17. The fourth-order valence-electron chi connectivity index (χ4n) is 2.34. The molecular formula is C13H14Cl2FN3. The fourth-order valence-corrected chi connectivity index (χ4v) is 2.61. The van der Waals surface area contributed by atoms with Crippen LogP contribution in [0.15, 0.2) is 24.4 Å². The molecule has 102 valence electrons. The highest BCUT2D eigenvalue weighted by Crippen LogP contribution is 2.33. The third kappa shape index (κ3) is 2.76. The van der Waals surface area contributed by atoms with Gasteiger partial charge in [0.2, 0.25) is 0 Å². The van der Waals surface area contributed by atoms with Crippen molar-refractivity contribution in [3.8, 4) is 0 Å². The Morgan fingerprint density at radius 2 is 2.00 bits per heavy atom. The van der Waals surface area contributed by atoms with E-state index in [4.69, 9.17) is 11.6 Å². The maximum absolute atomic E-state index is 13.4. The Morgan fingerprint density at radius 1 is 1.26 bits per heavy atom. The number of hydrogen-bond donors (Lipinski definition) is 1. The maximum atomic E-state index is 13.4. The van der Waals surface area contributed by atoms with Gasteiger partial charge in [-0.05, 0) is 18.2 Å². The second kappa shape index (κ2) is 5.90. The van der Waals surface area contributed by atoms with E-state index in [1.807, 2.05) is 0 Å². The highest BCUT2D eigenvalue weighted by molar-refractivity contribution is 6.34. The van der Waals surface area contributed by atoms with E-state index >= 15 is 0 Å². The third-order valence-corrected chi connectivity index (χ3v) is 3.47. The second-order valence-electron chi connectivity index (χ2n) is 4.35. The number of nitrogens with one attached hydrogen (secondary N) is 1. The summed E-state index contributed by atoms with van der Waals surface area (Å²) in [6.07, 6.45) is 1.64. The van der Waals surface area contributed by atoms with Crippen molar-refractivity contribution >= 4 is 40.6 Å². The molecule has 0 saturated carbocycles. The van der Waals surface area contributed by atoms with Crippen molar-refractivity contribution in [2.45, 2.75) is 0 Å². The van der Waals surface area contributed by atoms with Gasteiger partial charge in [0.15, 0.2) is 0 Å². The lowest BCUT2D eigenvalue weighted by molar-refractivity contribution is 0.590. The van der Waals surface area contributed by atoms with E-state index in [1.165, 1.54) is 12.1 Å². The molecule has 1 aliphatic heterocycles. The number of benzene rings is 1. The van der Waals surface area contributed by atoms with Gasteiger partial charge in [-0.3, -0.25) is 4.98 Å². The van der Waals surface area contributed by atoms with Crippen LogP contribution in [0.2, 0.25) is 5.02 Å². The molecule has 0 bridgehead atoms. The molecular weight excluding hydrogens is 288 g/mol. The predicted octanol–water partition coefficient (Wildman–Crippen LogP) is 2.86. The van der Waals surface area contributed by atoms with Crippen LogP contribution < -0.4 is 10.2 Å². The molecule has 1 aliphatic rings.